The van der Waals surface area contributed by atoms with E-state index in [1.807, 2.05) is 6.07 Å². The van der Waals surface area contributed by atoms with E-state index >= 15 is 0 Å². The van der Waals surface area contributed by atoms with E-state index in [2.05, 4.69) is 10.9 Å². The van der Waals surface area contributed by atoms with E-state index in [9.17, 15) is 4.79 Å². The maximum absolute atomic E-state index is 11.8. The smallest absolute Gasteiger partial charge is 0.328 e. The van der Waals surface area contributed by atoms with E-state index in [0.29, 0.717) is 16.7 Å². The van der Waals surface area contributed by atoms with Gasteiger partial charge in [0.1, 0.15) is 0 Å². The summed E-state index contributed by atoms with van der Waals surface area (Å²) < 4.78 is 0. The third-order valence-corrected chi connectivity index (χ3v) is 2.67. The molecule has 0 N–H and O–H groups in total. The number of hydrogen-bond acceptors (Lipinski definition) is 2. The minimum Gasteiger partial charge on any atom is -0.361 e. The molecule has 90 valence electrons. The minimum absolute atomic E-state index is 0.388. The molecule has 0 unspecified atom stereocenters. The van der Waals surface area contributed by atoms with Crippen molar-refractivity contribution in [2.75, 3.05) is 0 Å². The molecule has 0 radical (unpaired) electrons. The number of ketones is 1. The number of carbonyl (C=O) groups is 1. The maximum Gasteiger partial charge on any atom is 0.328 e. The molecule has 0 saturated heterocycles. The Balaban J connectivity index is 2.59. The van der Waals surface area contributed by atoms with Crippen molar-refractivity contribution < 1.29 is 9.58 Å². The number of nitrogens with zero attached hydrogens (tertiary/aromatic N) is 3. The zero-order chi connectivity index (χ0) is 13.7. The Labute approximate surface area is 110 Å². The molecular weight excluding hydrogens is 238 g/mol. The Hall–Kier alpha value is -3.02. The largest absolute Gasteiger partial charge is 0.361 e. The average Bonchev–Trinajstić information content (AvgIpc) is 2.47. The summed E-state index contributed by atoms with van der Waals surface area (Å²) in [6, 6.07) is 16.0. The summed E-state index contributed by atoms with van der Waals surface area (Å²) in [5.74, 6) is -0.388. The van der Waals surface area contributed by atoms with Crippen molar-refractivity contribution in [3.63, 3.8) is 0 Å². The van der Waals surface area contributed by atoms with Gasteiger partial charge in [0.15, 0.2) is 0 Å². The zero-order valence-corrected chi connectivity index (χ0v) is 9.95. The molecule has 2 rings (SSSR count). The summed E-state index contributed by atoms with van der Waals surface area (Å²) >= 11 is 0. The molecule has 19 heavy (non-hydrogen) atoms. The first-order valence-corrected chi connectivity index (χ1v) is 5.57. The molecular formula is C15H9N3O. The highest BCUT2D eigenvalue weighted by Gasteiger charge is 2.13. The monoisotopic (exact) mass is 247 g/mol. The van der Waals surface area contributed by atoms with Crippen LogP contribution >= 0.6 is 0 Å². The number of rotatable bonds is 3. The summed E-state index contributed by atoms with van der Waals surface area (Å²) in [6.07, 6.45) is 0.854. The first kappa shape index (κ1) is 12.4. The minimum atomic E-state index is -0.388. The average molecular weight is 247 g/mol. The van der Waals surface area contributed by atoms with Crippen LogP contribution in [-0.2, 0) is 0 Å². The van der Waals surface area contributed by atoms with Crippen LogP contribution in [0.4, 0.5) is 0 Å². The van der Waals surface area contributed by atoms with E-state index in [1.54, 1.807) is 42.5 Å². The van der Waals surface area contributed by atoms with Crippen molar-refractivity contribution in [1.29, 1.82) is 5.26 Å². The molecule has 0 saturated carbocycles. The second kappa shape index (κ2) is 5.54. The van der Waals surface area contributed by atoms with Gasteiger partial charge in [-0.25, -0.2) is 0 Å². The summed E-state index contributed by atoms with van der Waals surface area (Å²) in [6.45, 7) is 0. The van der Waals surface area contributed by atoms with Gasteiger partial charge in [0.05, 0.1) is 11.6 Å². The molecule has 4 nitrogen and oxygen atoms in total. The molecule has 0 fully saturated rings. The van der Waals surface area contributed by atoms with Crippen molar-refractivity contribution in [1.82, 2.24) is 0 Å². The van der Waals surface area contributed by atoms with E-state index < -0.39 is 0 Å². The molecule has 2 aromatic rings. The third-order valence-electron chi connectivity index (χ3n) is 2.67. The predicted octanol–water partition coefficient (Wildman–Crippen LogP) is 2.71. The highest BCUT2D eigenvalue weighted by atomic mass is 16.1. The van der Waals surface area contributed by atoms with Gasteiger partial charge in [-0.05, 0) is 23.3 Å². The molecule has 2 aromatic carbocycles. The van der Waals surface area contributed by atoms with E-state index in [4.69, 9.17) is 10.8 Å². The summed E-state index contributed by atoms with van der Waals surface area (Å²) in [5.41, 5.74) is 10.9. The number of benzene rings is 2. The lowest BCUT2D eigenvalue weighted by Crippen LogP contribution is -2.03. The van der Waals surface area contributed by atoms with E-state index in [0.717, 1.165) is 11.8 Å². The van der Waals surface area contributed by atoms with Crippen molar-refractivity contribution in [2.24, 2.45) is 0 Å². The van der Waals surface area contributed by atoms with Crippen molar-refractivity contribution in [3.8, 4) is 17.2 Å². The quantitative estimate of drug-likeness (QED) is 0.362. The Morgan fingerprint density at radius 2 is 2.00 bits per heavy atom. The lowest BCUT2D eigenvalue weighted by atomic mass is 9.96. The van der Waals surface area contributed by atoms with Gasteiger partial charge in [0.25, 0.3) is 5.78 Å². The van der Waals surface area contributed by atoms with E-state index in [-0.39, 0.29) is 5.78 Å². The van der Waals surface area contributed by atoms with Crippen molar-refractivity contribution in [2.45, 2.75) is 0 Å². The van der Waals surface area contributed by atoms with Crippen LogP contribution in [0.2, 0.25) is 0 Å². The molecule has 0 spiro atoms. The lowest BCUT2D eigenvalue weighted by molar-refractivity contribution is 0.00235. The standard InChI is InChI=1S/C15H9N3O/c16-9-11-4-3-5-12(8-11)13-6-1-2-7-14(13)15(19)10-18-17/h1-8,10H. The van der Waals surface area contributed by atoms with Crippen LogP contribution in [0.3, 0.4) is 0 Å². The topological polar surface area (TPSA) is 77.3 Å². The van der Waals surface area contributed by atoms with Crippen molar-refractivity contribution in [3.05, 3.63) is 65.2 Å². The second-order valence-electron chi connectivity index (χ2n) is 3.85. The van der Waals surface area contributed by atoms with Gasteiger partial charge in [-0.3, -0.25) is 4.79 Å². The Bertz CT molecular complexity index is 722. The van der Waals surface area contributed by atoms with Crippen LogP contribution in [0.1, 0.15) is 15.9 Å². The first-order chi connectivity index (χ1) is 9.26. The molecule has 0 aliphatic heterocycles. The van der Waals surface area contributed by atoms with E-state index in [1.165, 1.54) is 0 Å². The summed E-state index contributed by atoms with van der Waals surface area (Å²) in [4.78, 5) is 14.6. The highest BCUT2D eigenvalue weighted by Crippen LogP contribution is 2.24. The Kier molecular flexibility index (Phi) is 3.63. The molecule has 0 amide bonds. The maximum atomic E-state index is 11.8. The third kappa shape index (κ3) is 2.63. The molecule has 0 aliphatic carbocycles. The van der Waals surface area contributed by atoms with Gasteiger partial charge < -0.3 is 5.53 Å². The lowest BCUT2D eigenvalue weighted by Gasteiger charge is -2.06. The molecule has 0 atom stereocenters. The van der Waals surface area contributed by atoms with Gasteiger partial charge in [-0.15, -0.1) is 0 Å². The first-order valence-electron chi connectivity index (χ1n) is 5.57. The highest BCUT2D eigenvalue weighted by molar-refractivity contribution is 6.35. The number of carbonyl (C=O) groups excluding carboxylic acids is 1. The summed E-state index contributed by atoms with van der Waals surface area (Å²) in [5, 5.41) is 8.90. The van der Waals surface area contributed by atoms with Gasteiger partial charge in [0, 0.05) is 5.56 Å². The fourth-order valence-corrected chi connectivity index (χ4v) is 1.83. The molecule has 0 aliphatic rings. The SMILES string of the molecule is N#Cc1cccc(-c2ccccc2C(=O)C=[N+]=[N-])c1. The van der Waals surface area contributed by atoms with Crippen LogP contribution < -0.4 is 0 Å². The van der Waals surface area contributed by atoms with Crippen LogP contribution in [0, 0.1) is 11.3 Å². The zero-order valence-electron chi connectivity index (χ0n) is 9.95. The fourth-order valence-electron chi connectivity index (χ4n) is 1.83. The summed E-state index contributed by atoms with van der Waals surface area (Å²) in [7, 11) is 0. The molecule has 4 heteroatoms. The Morgan fingerprint density at radius 1 is 1.21 bits per heavy atom. The molecule has 0 heterocycles. The van der Waals surface area contributed by atoms with Crippen LogP contribution in [0.25, 0.3) is 16.7 Å². The van der Waals surface area contributed by atoms with Crippen LogP contribution in [0.15, 0.2) is 48.5 Å². The normalized spacial score (nSPS) is 9.21. The fraction of sp³-hybridized carbons (Fsp3) is 0. The van der Waals surface area contributed by atoms with Gasteiger partial charge in [-0.1, -0.05) is 36.4 Å². The molecule has 0 bridgehead atoms. The Morgan fingerprint density at radius 3 is 2.74 bits per heavy atom. The van der Waals surface area contributed by atoms with Gasteiger partial charge in [-0.2, -0.15) is 10.1 Å². The van der Waals surface area contributed by atoms with Gasteiger partial charge >= 0.3 is 6.21 Å². The number of hydrogen-bond donors (Lipinski definition) is 0. The second-order valence-corrected chi connectivity index (χ2v) is 3.85. The molecule has 0 aromatic heterocycles. The number of nitriles is 1. The predicted molar refractivity (Wildman–Crippen MR) is 70.6 cm³/mol. The van der Waals surface area contributed by atoms with Crippen LogP contribution in [0.5, 0.6) is 0 Å². The number of Topliss-reactive ketones (excluding diaryl/α,β-unsaturated/α-hetero) is 1. The van der Waals surface area contributed by atoms with Crippen molar-refractivity contribution >= 4 is 12.0 Å². The van der Waals surface area contributed by atoms with Gasteiger partial charge in [0.2, 0.25) is 0 Å². The van der Waals surface area contributed by atoms with Crippen LogP contribution in [-0.4, -0.2) is 16.8 Å².